The van der Waals surface area contributed by atoms with Gasteiger partial charge in [-0.05, 0) is 25.1 Å². The van der Waals surface area contributed by atoms with E-state index in [0.29, 0.717) is 5.56 Å². The zero-order valence-electron chi connectivity index (χ0n) is 12.6. The van der Waals surface area contributed by atoms with Gasteiger partial charge in [0.05, 0.1) is 17.0 Å². The number of carbonyl (C=O) groups excluding carboxylic acids is 1. The van der Waals surface area contributed by atoms with Crippen molar-refractivity contribution in [2.75, 3.05) is 13.6 Å². The summed E-state index contributed by atoms with van der Waals surface area (Å²) in [5.41, 5.74) is 2.01. The number of pyridine rings is 1. The Morgan fingerprint density at radius 3 is 2.68 bits per heavy atom. The van der Waals surface area contributed by atoms with E-state index < -0.39 is 11.9 Å². The minimum absolute atomic E-state index is 0.160. The van der Waals surface area contributed by atoms with Crippen molar-refractivity contribution < 1.29 is 14.7 Å². The molecule has 1 unspecified atom stereocenters. The Hall–Kier alpha value is -1.95. The van der Waals surface area contributed by atoms with Crippen LogP contribution in [-0.4, -0.2) is 40.5 Å². The summed E-state index contributed by atoms with van der Waals surface area (Å²) in [7, 11) is 1.61. The summed E-state index contributed by atoms with van der Waals surface area (Å²) < 4.78 is 0.893. The lowest BCUT2D eigenvalue weighted by Gasteiger charge is -2.20. The molecule has 1 amide bonds. The molecule has 0 aliphatic rings. The van der Waals surface area contributed by atoms with Crippen LogP contribution in [0.15, 0.2) is 28.7 Å². The molecule has 0 spiro atoms. The average molecular weight is 365 g/mol. The summed E-state index contributed by atoms with van der Waals surface area (Å²) in [6.45, 7) is 3.57. The van der Waals surface area contributed by atoms with E-state index in [9.17, 15) is 9.59 Å². The first-order chi connectivity index (χ1) is 10.3. The number of carboxylic acids is 1. The lowest BCUT2D eigenvalue weighted by Crippen LogP contribution is -2.33. The molecule has 1 atom stereocenters. The number of aliphatic carboxylic acids is 1. The molecular weight excluding hydrogens is 348 g/mol. The maximum absolute atomic E-state index is 12.6. The summed E-state index contributed by atoms with van der Waals surface area (Å²) in [6, 6.07) is 7.29. The van der Waals surface area contributed by atoms with Crippen LogP contribution in [-0.2, 0) is 4.79 Å². The van der Waals surface area contributed by atoms with Crippen molar-refractivity contribution in [2.24, 2.45) is 5.92 Å². The second-order valence-electron chi connectivity index (χ2n) is 5.40. The number of rotatable bonds is 4. The Morgan fingerprint density at radius 1 is 1.36 bits per heavy atom. The second-order valence-corrected chi connectivity index (χ2v) is 6.31. The van der Waals surface area contributed by atoms with E-state index in [4.69, 9.17) is 5.11 Å². The highest BCUT2D eigenvalue weighted by Gasteiger charge is 2.20. The first-order valence-corrected chi connectivity index (χ1v) is 7.64. The zero-order chi connectivity index (χ0) is 16.4. The molecule has 0 radical (unpaired) electrons. The third-order valence-corrected chi connectivity index (χ3v) is 3.94. The predicted molar refractivity (Wildman–Crippen MR) is 87.9 cm³/mol. The van der Waals surface area contributed by atoms with Gasteiger partial charge in [0.2, 0.25) is 0 Å². The van der Waals surface area contributed by atoms with E-state index in [0.717, 1.165) is 21.1 Å². The van der Waals surface area contributed by atoms with Gasteiger partial charge in [-0.3, -0.25) is 14.6 Å². The number of aryl methyl sites for hydroxylation is 1. The number of carbonyl (C=O) groups is 2. The van der Waals surface area contributed by atoms with Crippen molar-refractivity contribution >= 4 is 38.7 Å². The van der Waals surface area contributed by atoms with Gasteiger partial charge >= 0.3 is 5.97 Å². The van der Waals surface area contributed by atoms with Crippen LogP contribution in [0.3, 0.4) is 0 Å². The third kappa shape index (κ3) is 3.44. The fraction of sp³-hybridized carbons (Fsp3) is 0.312. The number of aromatic nitrogens is 1. The molecule has 0 aliphatic heterocycles. The van der Waals surface area contributed by atoms with E-state index >= 15 is 0 Å². The van der Waals surface area contributed by atoms with Crippen molar-refractivity contribution in [1.82, 2.24) is 9.88 Å². The van der Waals surface area contributed by atoms with Gasteiger partial charge in [0.25, 0.3) is 5.91 Å². The lowest BCUT2D eigenvalue weighted by atomic mass is 10.1. The number of halogens is 1. The largest absolute Gasteiger partial charge is 0.481 e. The van der Waals surface area contributed by atoms with Gasteiger partial charge in [-0.1, -0.05) is 28.9 Å². The van der Waals surface area contributed by atoms with Crippen LogP contribution in [0.2, 0.25) is 0 Å². The Bertz CT molecular complexity index is 740. The van der Waals surface area contributed by atoms with E-state index in [1.54, 1.807) is 20.0 Å². The van der Waals surface area contributed by atoms with Crippen molar-refractivity contribution in [3.8, 4) is 0 Å². The topological polar surface area (TPSA) is 70.5 Å². The van der Waals surface area contributed by atoms with Gasteiger partial charge in [-0.15, -0.1) is 0 Å². The SMILES string of the molecule is Cc1cc(C(=O)N(C)CC(C)C(=O)O)c2ccc(Br)cc2n1. The second kappa shape index (κ2) is 6.44. The molecule has 5 nitrogen and oxygen atoms in total. The summed E-state index contributed by atoms with van der Waals surface area (Å²) in [4.78, 5) is 29.5. The summed E-state index contributed by atoms with van der Waals surface area (Å²) in [5, 5.41) is 9.73. The zero-order valence-corrected chi connectivity index (χ0v) is 14.2. The minimum atomic E-state index is -0.917. The number of hydrogen-bond acceptors (Lipinski definition) is 3. The first kappa shape index (κ1) is 16.4. The highest BCUT2D eigenvalue weighted by atomic mass is 79.9. The van der Waals surface area contributed by atoms with E-state index in [2.05, 4.69) is 20.9 Å². The molecule has 1 aromatic heterocycles. The van der Waals surface area contributed by atoms with Crippen molar-refractivity contribution in [1.29, 1.82) is 0 Å². The molecule has 22 heavy (non-hydrogen) atoms. The molecule has 1 N–H and O–H groups in total. The molecule has 2 rings (SSSR count). The molecule has 0 bridgehead atoms. The molecule has 0 aliphatic carbocycles. The number of hydrogen-bond donors (Lipinski definition) is 1. The van der Waals surface area contributed by atoms with Gasteiger partial charge in [0.1, 0.15) is 0 Å². The fourth-order valence-electron chi connectivity index (χ4n) is 2.29. The highest BCUT2D eigenvalue weighted by molar-refractivity contribution is 9.10. The monoisotopic (exact) mass is 364 g/mol. The summed E-state index contributed by atoms with van der Waals surface area (Å²) >= 11 is 3.40. The number of amides is 1. The standard InChI is InChI=1S/C16H17BrN2O3/c1-9(16(21)22)8-19(3)15(20)13-6-10(2)18-14-7-11(17)4-5-12(13)14/h4-7,9H,8H2,1-3H3,(H,21,22). The number of benzene rings is 1. The summed E-state index contributed by atoms with van der Waals surface area (Å²) in [6.07, 6.45) is 0. The Kier molecular flexibility index (Phi) is 4.81. The van der Waals surface area contributed by atoms with Crippen LogP contribution in [0.25, 0.3) is 10.9 Å². The smallest absolute Gasteiger partial charge is 0.308 e. The van der Waals surface area contributed by atoms with Gasteiger partial charge in [-0.25, -0.2) is 0 Å². The van der Waals surface area contributed by atoms with Crippen LogP contribution in [0.1, 0.15) is 23.0 Å². The van der Waals surface area contributed by atoms with Gasteiger partial charge < -0.3 is 10.0 Å². The third-order valence-electron chi connectivity index (χ3n) is 3.45. The Morgan fingerprint density at radius 2 is 2.05 bits per heavy atom. The Labute approximate surface area is 137 Å². The number of carboxylic acid groups (broad SMARTS) is 1. The summed E-state index contributed by atoms with van der Waals surface area (Å²) in [5.74, 6) is -1.73. The number of fused-ring (bicyclic) bond motifs is 1. The molecule has 1 aromatic carbocycles. The van der Waals surface area contributed by atoms with Crippen LogP contribution in [0, 0.1) is 12.8 Å². The molecule has 0 fully saturated rings. The van der Waals surface area contributed by atoms with Gasteiger partial charge in [0.15, 0.2) is 0 Å². The Balaban J connectivity index is 2.41. The molecule has 0 saturated carbocycles. The molecule has 0 saturated heterocycles. The van der Waals surface area contributed by atoms with Crippen LogP contribution >= 0.6 is 15.9 Å². The normalized spacial score (nSPS) is 12.2. The maximum atomic E-state index is 12.6. The van der Waals surface area contributed by atoms with Crippen molar-refractivity contribution in [3.05, 3.63) is 40.0 Å². The molecular formula is C16H17BrN2O3. The highest BCUT2D eigenvalue weighted by Crippen LogP contribution is 2.23. The van der Waals surface area contributed by atoms with Crippen LogP contribution < -0.4 is 0 Å². The quantitative estimate of drug-likeness (QED) is 0.904. The molecule has 6 heteroatoms. The van der Waals surface area contributed by atoms with Gasteiger partial charge in [-0.2, -0.15) is 0 Å². The van der Waals surface area contributed by atoms with Crippen LogP contribution in [0.5, 0.6) is 0 Å². The number of nitrogens with zero attached hydrogens (tertiary/aromatic N) is 2. The van der Waals surface area contributed by atoms with E-state index in [-0.39, 0.29) is 12.5 Å². The van der Waals surface area contributed by atoms with E-state index in [1.807, 2.05) is 25.1 Å². The molecule has 1 heterocycles. The lowest BCUT2D eigenvalue weighted by molar-refractivity contribution is -0.141. The van der Waals surface area contributed by atoms with Crippen molar-refractivity contribution in [2.45, 2.75) is 13.8 Å². The molecule has 116 valence electrons. The minimum Gasteiger partial charge on any atom is -0.481 e. The van der Waals surface area contributed by atoms with Gasteiger partial charge in [0, 0.05) is 29.1 Å². The predicted octanol–water partition coefficient (Wildman–Crippen LogP) is 3.10. The molecule has 2 aromatic rings. The maximum Gasteiger partial charge on any atom is 0.308 e. The fourth-order valence-corrected chi connectivity index (χ4v) is 2.64. The average Bonchev–Trinajstić information content (AvgIpc) is 2.44. The first-order valence-electron chi connectivity index (χ1n) is 6.84. The van der Waals surface area contributed by atoms with Crippen molar-refractivity contribution in [3.63, 3.8) is 0 Å². The van der Waals surface area contributed by atoms with E-state index in [1.165, 1.54) is 4.90 Å². The van der Waals surface area contributed by atoms with Crippen LogP contribution in [0.4, 0.5) is 0 Å².